The Kier molecular flexibility index (Phi) is 4.80. The molecule has 19 heavy (non-hydrogen) atoms. The molecule has 1 heterocycles. The monoisotopic (exact) mass is 276 g/mol. The third-order valence-corrected chi connectivity index (χ3v) is 3.52. The van der Waals surface area contributed by atoms with Crippen LogP contribution in [0.1, 0.15) is 10.4 Å². The number of nitrogens with one attached hydrogen (secondary N) is 2. The Hall–Kier alpha value is -2.01. The highest BCUT2D eigenvalue weighted by molar-refractivity contribution is 7.09. The maximum absolute atomic E-state index is 11.5. The van der Waals surface area contributed by atoms with Crippen molar-refractivity contribution in [2.24, 2.45) is 0 Å². The van der Waals surface area contributed by atoms with E-state index in [9.17, 15) is 4.79 Å². The number of amides is 2. The normalized spacial score (nSPS) is 10.1. The Balaban J connectivity index is 1.65. The number of hydrogen-bond acceptors (Lipinski definition) is 3. The third-order valence-electron chi connectivity index (χ3n) is 2.64. The molecule has 0 atom stereocenters. The quantitative estimate of drug-likeness (QED) is 0.785. The zero-order valence-corrected chi connectivity index (χ0v) is 11.2. The fourth-order valence-electron chi connectivity index (χ4n) is 1.63. The Labute approximate surface area is 116 Å². The molecule has 1 aromatic carbocycles. The van der Waals surface area contributed by atoms with Gasteiger partial charge in [-0.25, -0.2) is 4.79 Å². The molecule has 0 saturated heterocycles. The zero-order valence-electron chi connectivity index (χ0n) is 10.4. The molecule has 0 spiro atoms. The van der Waals surface area contributed by atoms with E-state index in [1.165, 1.54) is 0 Å². The lowest BCUT2D eigenvalue weighted by Gasteiger charge is -2.06. The van der Waals surface area contributed by atoms with E-state index in [-0.39, 0.29) is 11.8 Å². The van der Waals surface area contributed by atoms with E-state index in [0.29, 0.717) is 13.1 Å². The first-order chi connectivity index (χ1) is 9.24. The molecule has 1 aromatic heterocycles. The van der Waals surface area contributed by atoms with Crippen LogP contribution < -0.4 is 10.6 Å². The summed E-state index contributed by atoms with van der Waals surface area (Å²) in [5.74, 6) is 0.255. The summed E-state index contributed by atoms with van der Waals surface area (Å²) in [6.07, 6.45) is 0.743. The number of benzene rings is 1. The SMILES string of the molecule is O=C(NCCc1ccc(O)cc1)NCc1cccs1. The number of phenolic OH excluding ortho intramolecular Hbond substituents is 1. The van der Waals surface area contributed by atoms with Crippen LogP contribution in [0.2, 0.25) is 0 Å². The first kappa shape index (κ1) is 13.4. The van der Waals surface area contributed by atoms with Gasteiger partial charge >= 0.3 is 6.03 Å². The topological polar surface area (TPSA) is 61.4 Å². The number of thiophene rings is 1. The molecule has 0 saturated carbocycles. The molecule has 0 bridgehead atoms. The molecule has 2 rings (SSSR count). The first-order valence-corrected chi connectivity index (χ1v) is 6.94. The summed E-state index contributed by atoms with van der Waals surface area (Å²) in [7, 11) is 0. The number of rotatable bonds is 5. The summed E-state index contributed by atoms with van der Waals surface area (Å²) in [5, 5.41) is 16.7. The summed E-state index contributed by atoms with van der Waals surface area (Å²) in [6.45, 7) is 1.13. The van der Waals surface area contributed by atoms with E-state index < -0.39 is 0 Å². The maximum atomic E-state index is 11.5. The van der Waals surface area contributed by atoms with Gasteiger partial charge in [0.25, 0.3) is 0 Å². The second kappa shape index (κ2) is 6.80. The van der Waals surface area contributed by atoms with Crippen molar-refractivity contribution >= 4 is 17.4 Å². The van der Waals surface area contributed by atoms with Gasteiger partial charge in [-0.15, -0.1) is 11.3 Å². The number of carbonyl (C=O) groups excluding carboxylic acids is 1. The summed E-state index contributed by atoms with van der Waals surface area (Å²) >= 11 is 1.62. The molecule has 0 radical (unpaired) electrons. The van der Waals surface area contributed by atoms with Crippen molar-refractivity contribution in [3.05, 3.63) is 52.2 Å². The van der Waals surface area contributed by atoms with Gasteiger partial charge in [-0.2, -0.15) is 0 Å². The van der Waals surface area contributed by atoms with Crippen LogP contribution in [-0.4, -0.2) is 17.7 Å². The lowest BCUT2D eigenvalue weighted by atomic mass is 10.1. The second-order valence-electron chi connectivity index (χ2n) is 4.11. The fourth-order valence-corrected chi connectivity index (χ4v) is 2.27. The second-order valence-corrected chi connectivity index (χ2v) is 5.14. The molecule has 5 heteroatoms. The molecule has 0 aliphatic carbocycles. The van der Waals surface area contributed by atoms with Crippen LogP contribution in [0.25, 0.3) is 0 Å². The summed E-state index contributed by atoms with van der Waals surface area (Å²) in [5.41, 5.74) is 1.08. The Morgan fingerprint density at radius 1 is 1.16 bits per heavy atom. The number of hydrogen-bond donors (Lipinski definition) is 3. The van der Waals surface area contributed by atoms with Crippen molar-refractivity contribution in [2.75, 3.05) is 6.54 Å². The van der Waals surface area contributed by atoms with E-state index in [0.717, 1.165) is 16.9 Å². The van der Waals surface area contributed by atoms with Crippen molar-refractivity contribution in [3.63, 3.8) is 0 Å². The number of phenols is 1. The van der Waals surface area contributed by atoms with E-state index in [1.54, 1.807) is 23.5 Å². The summed E-state index contributed by atoms with van der Waals surface area (Å²) in [6, 6.07) is 10.8. The molecule has 0 aliphatic heterocycles. The molecule has 0 unspecified atom stereocenters. The highest BCUT2D eigenvalue weighted by Crippen LogP contribution is 2.09. The van der Waals surface area contributed by atoms with Gasteiger partial charge in [-0.05, 0) is 35.6 Å². The minimum absolute atomic E-state index is 0.160. The van der Waals surface area contributed by atoms with E-state index in [4.69, 9.17) is 5.11 Å². The van der Waals surface area contributed by atoms with Crippen LogP contribution in [0.15, 0.2) is 41.8 Å². The first-order valence-electron chi connectivity index (χ1n) is 6.06. The van der Waals surface area contributed by atoms with Gasteiger partial charge in [0.1, 0.15) is 5.75 Å². The Morgan fingerprint density at radius 2 is 1.95 bits per heavy atom. The van der Waals surface area contributed by atoms with Crippen molar-refractivity contribution in [2.45, 2.75) is 13.0 Å². The van der Waals surface area contributed by atoms with Crippen molar-refractivity contribution in [1.29, 1.82) is 0 Å². The van der Waals surface area contributed by atoms with Crippen molar-refractivity contribution in [1.82, 2.24) is 10.6 Å². The number of urea groups is 1. The molecule has 0 aliphatic rings. The summed E-state index contributed by atoms with van der Waals surface area (Å²) < 4.78 is 0. The van der Waals surface area contributed by atoms with Gasteiger partial charge in [0.15, 0.2) is 0 Å². The van der Waals surface area contributed by atoms with Crippen molar-refractivity contribution in [3.8, 4) is 5.75 Å². The van der Waals surface area contributed by atoms with E-state index in [2.05, 4.69) is 10.6 Å². The average Bonchev–Trinajstić information content (AvgIpc) is 2.92. The molecule has 2 aromatic rings. The maximum Gasteiger partial charge on any atom is 0.315 e. The van der Waals surface area contributed by atoms with Crippen LogP contribution in [0, 0.1) is 0 Å². The van der Waals surface area contributed by atoms with Crippen molar-refractivity contribution < 1.29 is 9.90 Å². The molecule has 4 nitrogen and oxygen atoms in total. The highest BCUT2D eigenvalue weighted by atomic mass is 32.1. The van der Waals surface area contributed by atoms with E-state index >= 15 is 0 Å². The van der Waals surface area contributed by atoms with Gasteiger partial charge in [0.05, 0.1) is 6.54 Å². The van der Waals surface area contributed by atoms with Crippen LogP contribution in [0.4, 0.5) is 4.79 Å². The van der Waals surface area contributed by atoms with Gasteiger partial charge in [-0.3, -0.25) is 0 Å². The smallest absolute Gasteiger partial charge is 0.315 e. The van der Waals surface area contributed by atoms with Crippen LogP contribution in [0.3, 0.4) is 0 Å². The molecule has 2 amide bonds. The fraction of sp³-hybridized carbons (Fsp3) is 0.214. The predicted octanol–water partition coefficient (Wildman–Crippen LogP) is 2.50. The lowest BCUT2D eigenvalue weighted by Crippen LogP contribution is -2.35. The van der Waals surface area contributed by atoms with Gasteiger partial charge in [-0.1, -0.05) is 18.2 Å². The van der Waals surface area contributed by atoms with Crippen LogP contribution in [0.5, 0.6) is 5.75 Å². The Bertz CT molecular complexity index is 509. The Morgan fingerprint density at radius 3 is 2.63 bits per heavy atom. The number of carbonyl (C=O) groups is 1. The standard InChI is InChI=1S/C14H16N2O2S/c17-12-5-3-11(4-6-12)7-8-15-14(18)16-10-13-2-1-9-19-13/h1-6,9,17H,7-8,10H2,(H2,15,16,18). The molecule has 100 valence electrons. The molecular formula is C14H16N2O2S. The molecular weight excluding hydrogens is 260 g/mol. The third kappa shape index (κ3) is 4.63. The largest absolute Gasteiger partial charge is 0.508 e. The van der Waals surface area contributed by atoms with Crippen LogP contribution >= 0.6 is 11.3 Å². The number of aromatic hydroxyl groups is 1. The van der Waals surface area contributed by atoms with Gasteiger partial charge < -0.3 is 15.7 Å². The predicted molar refractivity (Wildman–Crippen MR) is 76.4 cm³/mol. The highest BCUT2D eigenvalue weighted by Gasteiger charge is 2.00. The van der Waals surface area contributed by atoms with Gasteiger partial charge in [0.2, 0.25) is 0 Å². The van der Waals surface area contributed by atoms with Gasteiger partial charge in [0, 0.05) is 11.4 Å². The average molecular weight is 276 g/mol. The van der Waals surface area contributed by atoms with Crippen LogP contribution in [-0.2, 0) is 13.0 Å². The van der Waals surface area contributed by atoms with E-state index in [1.807, 2.05) is 29.6 Å². The molecule has 3 N–H and O–H groups in total. The zero-order chi connectivity index (χ0) is 13.5. The summed E-state index contributed by atoms with van der Waals surface area (Å²) in [4.78, 5) is 12.7. The molecule has 0 fully saturated rings. The minimum atomic E-state index is -0.160. The lowest BCUT2D eigenvalue weighted by molar-refractivity contribution is 0.240. The minimum Gasteiger partial charge on any atom is -0.508 e.